The van der Waals surface area contributed by atoms with Crippen molar-refractivity contribution < 1.29 is 19.7 Å². The summed E-state index contributed by atoms with van der Waals surface area (Å²) in [5, 5.41) is 19.6. The van der Waals surface area contributed by atoms with Crippen molar-refractivity contribution in [3.63, 3.8) is 0 Å². The highest BCUT2D eigenvalue weighted by atomic mass is 35.5. The number of halogens is 1. The van der Waals surface area contributed by atoms with Gasteiger partial charge in [-0.2, -0.15) is 0 Å². The SMILES string of the molecule is COc1cc(Cl)cc(CN2CCCC(CC(=O)O)C2)c1O. The zero-order chi connectivity index (χ0) is 15.4. The van der Waals surface area contributed by atoms with Crippen molar-refractivity contribution in [1.82, 2.24) is 4.90 Å². The fraction of sp³-hybridized carbons (Fsp3) is 0.533. The molecule has 0 saturated carbocycles. The fourth-order valence-electron chi connectivity index (χ4n) is 2.85. The molecule has 116 valence electrons. The van der Waals surface area contributed by atoms with E-state index in [2.05, 4.69) is 4.90 Å². The minimum absolute atomic E-state index is 0.0993. The van der Waals surface area contributed by atoms with Crippen LogP contribution in [0.2, 0.25) is 5.02 Å². The van der Waals surface area contributed by atoms with Crippen LogP contribution in [-0.2, 0) is 11.3 Å². The van der Waals surface area contributed by atoms with E-state index in [0.717, 1.165) is 25.9 Å². The summed E-state index contributed by atoms with van der Waals surface area (Å²) in [4.78, 5) is 13.0. The first-order valence-corrected chi connectivity index (χ1v) is 7.37. The Morgan fingerprint density at radius 2 is 2.29 bits per heavy atom. The third kappa shape index (κ3) is 4.25. The maximum atomic E-state index is 10.8. The van der Waals surface area contributed by atoms with Gasteiger partial charge in [0.1, 0.15) is 0 Å². The summed E-state index contributed by atoms with van der Waals surface area (Å²) in [5.41, 5.74) is 0.704. The summed E-state index contributed by atoms with van der Waals surface area (Å²) >= 11 is 6.03. The van der Waals surface area contributed by atoms with Gasteiger partial charge in [0.15, 0.2) is 11.5 Å². The number of aliphatic carboxylic acids is 1. The predicted octanol–water partition coefficient (Wildman–Crippen LogP) is 2.74. The van der Waals surface area contributed by atoms with Crippen molar-refractivity contribution in [3.8, 4) is 11.5 Å². The standard InChI is InChI=1S/C15H20ClNO4/c1-21-13-7-12(16)6-11(15(13)20)9-17-4-2-3-10(8-17)5-14(18)19/h6-7,10,20H,2-5,8-9H2,1H3,(H,18,19). The molecule has 1 atom stereocenters. The number of benzene rings is 1. The van der Waals surface area contributed by atoms with Crippen molar-refractivity contribution in [2.45, 2.75) is 25.8 Å². The molecule has 1 aromatic carbocycles. The largest absolute Gasteiger partial charge is 0.504 e. The van der Waals surface area contributed by atoms with Crippen LogP contribution in [0.25, 0.3) is 0 Å². The van der Waals surface area contributed by atoms with E-state index in [9.17, 15) is 9.90 Å². The minimum Gasteiger partial charge on any atom is -0.504 e. The second-order valence-corrected chi connectivity index (χ2v) is 5.89. The Bertz CT molecular complexity index is 521. The van der Waals surface area contributed by atoms with Gasteiger partial charge in [0.05, 0.1) is 7.11 Å². The number of carbonyl (C=O) groups is 1. The predicted molar refractivity (Wildman–Crippen MR) is 79.9 cm³/mol. The molecule has 6 heteroatoms. The molecular formula is C15H20ClNO4. The van der Waals surface area contributed by atoms with Crippen molar-refractivity contribution in [3.05, 3.63) is 22.7 Å². The van der Waals surface area contributed by atoms with Gasteiger partial charge in [-0.15, -0.1) is 0 Å². The van der Waals surface area contributed by atoms with Gasteiger partial charge in [0.25, 0.3) is 0 Å². The molecule has 0 amide bonds. The highest BCUT2D eigenvalue weighted by Gasteiger charge is 2.23. The van der Waals surface area contributed by atoms with Crippen molar-refractivity contribution in [1.29, 1.82) is 0 Å². The number of aromatic hydroxyl groups is 1. The Balaban J connectivity index is 2.07. The quantitative estimate of drug-likeness (QED) is 0.874. The Labute approximate surface area is 129 Å². The van der Waals surface area contributed by atoms with Crippen LogP contribution < -0.4 is 4.74 Å². The van der Waals surface area contributed by atoms with Crippen LogP contribution >= 0.6 is 11.6 Å². The van der Waals surface area contributed by atoms with E-state index in [1.165, 1.54) is 7.11 Å². The number of phenols is 1. The number of likely N-dealkylation sites (tertiary alicyclic amines) is 1. The van der Waals surface area contributed by atoms with Crippen molar-refractivity contribution in [2.75, 3.05) is 20.2 Å². The molecule has 0 aliphatic carbocycles. The van der Waals surface area contributed by atoms with Gasteiger partial charge in [0, 0.05) is 36.2 Å². The van der Waals surface area contributed by atoms with E-state index in [1.807, 2.05) is 0 Å². The number of methoxy groups -OCH3 is 1. The number of rotatable bonds is 5. The molecule has 0 spiro atoms. The van der Waals surface area contributed by atoms with E-state index in [0.29, 0.717) is 22.9 Å². The highest BCUT2D eigenvalue weighted by molar-refractivity contribution is 6.30. The van der Waals surface area contributed by atoms with Gasteiger partial charge >= 0.3 is 5.97 Å². The van der Waals surface area contributed by atoms with Gasteiger partial charge in [-0.3, -0.25) is 9.69 Å². The zero-order valence-electron chi connectivity index (χ0n) is 12.0. The van der Waals surface area contributed by atoms with Crippen LogP contribution in [0.5, 0.6) is 11.5 Å². The zero-order valence-corrected chi connectivity index (χ0v) is 12.8. The van der Waals surface area contributed by atoms with Crippen LogP contribution in [0.1, 0.15) is 24.8 Å². The van der Waals surface area contributed by atoms with Crippen LogP contribution in [0.15, 0.2) is 12.1 Å². The van der Waals surface area contributed by atoms with Crippen molar-refractivity contribution in [2.24, 2.45) is 5.92 Å². The summed E-state index contributed by atoms with van der Waals surface area (Å²) in [6, 6.07) is 3.30. The summed E-state index contributed by atoms with van der Waals surface area (Å²) in [7, 11) is 1.49. The molecule has 0 radical (unpaired) electrons. The Kier molecular flexibility index (Phi) is 5.31. The Morgan fingerprint density at radius 1 is 1.52 bits per heavy atom. The van der Waals surface area contributed by atoms with Gasteiger partial charge < -0.3 is 14.9 Å². The Hall–Kier alpha value is -1.46. The number of carboxylic acid groups (broad SMARTS) is 1. The summed E-state index contributed by atoms with van der Waals surface area (Å²) in [6.45, 7) is 2.16. The lowest BCUT2D eigenvalue weighted by Crippen LogP contribution is -2.35. The minimum atomic E-state index is -0.755. The first kappa shape index (κ1) is 15.9. The smallest absolute Gasteiger partial charge is 0.303 e. The van der Waals surface area contributed by atoms with Gasteiger partial charge in [0.2, 0.25) is 0 Å². The second kappa shape index (κ2) is 7.00. The van der Waals surface area contributed by atoms with Crippen molar-refractivity contribution >= 4 is 17.6 Å². The topological polar surface area (TPSA) is 70.0 Å². The Morgan fingerprint density at radius 3 is 2.95 bits per heavy atom. The number of phenolic OH excluding ortho intramolecular Hbond substituents is 1. The lowest BCUT2D eigenvalue weighted by Gasteiger charge is -2.32. The number of nitrogens with zero attached hydrogens (tertiary/aromatic N) is 1. The van der Waals surface area contributed by atoms with Gasteiger partial charge in [-0.25, -0.2) is 0 Å². The molecular weight excluding hydrogens is 294 g/mol. The molecule has 1 aromatic rings. The molecule has 2 N–H and O–H groups in total. The number of hydrogen-bond acceptors (Lipinski definition) is 4. The maximum absolute atomic E-state index is 10.8. The molecule has 5 nitrogen and oxygen atoms in total. The third-order valence-corrected chi connectivity index (χ3v) is 4.02. The summed E-state index contributed by atoms with van der Waals surface area (Å²) < 4.78 is 5.10. The average Bonchev–Trinajstić information content (AvgIpc) is 2.42. The normalized spacial score (nSPS) is 19.4. The van der Waals surface area contributed by atoms with E-state index in [-0.39, 0.29) is 18.1 Å². The maximum Gasteiger partial charge on any atom is 0.303 e. The number of ether oxygens (including phenoxy) is 1. The molecule has 0 bridgehead atoms. The lowest BCUT2D eigenvalue weighted by atomic mass is 9.94. The van der Waals surface area contributed by atoms with Crippen LogP contribution in [-0.4, -0.2) is 41.3 Å². The first-order chi connectivity index (χ1) is 9.99. The molecule has 1 aliphatic rings. The van der Waals surface area contributed by atoms with Gasteiger partial charge in [-0.1, -0.05) is 11.6 Å². The van der Waals surface area contributed by atoms with E-state index < -0.39 is 5.97 Å². The number of carboxylic acids is 1. The molecule has 1 heterocycles. The fourth-order valence-corrected chi connectivity index (χ4v) is 3.08. The highest BCUT2D eigenvalue weighted by Crippen LogP contribution is 2.34. The molecule has 1 saturated heterocycles. The number of hydrogen-bond donors (Lipinski definition) is 2. The summed E-state index contributed by atoms with van der Waals surface area (Å²) in [6.07, 6.45) is 2.10. The first-order valence-electron chi connectivity index (χ1n) is 6.99. The molecule has 1 aliphatic heterocycles. The van der Waals surface area contributed by atoms with Crippen LogP contribution in [0.3, 0.4) is 0 Å². The summed E-state index contributed by atoms with van der Waals surface area (Å²) in [5.74, 6) is -0.132. The molecule has 0 aromatic heterocycles. The van der Waals surface area contributed by atoms with Crippen LogP contribution in [0.4, 0.5) is 0 Å². The van der Waals surface area contributed by atoms with E-state index >= 15 is 0 Å². The molecule has 1 unspecified atom stereocenters. The van der Waals surface area contributed by atoms with Gasteiger partial charge in [-0.05, 0) is 31.4 Å². The monoisotopic (exact) mass is 313 g/mol. The molecule has 21 heavy (non-hydrogen) atoms. The molecule has 1 fully saturated rings. The average molecular weight is 314 g/mol. The van der Waals surface area contributed by atoms with Crippen LogP contribution in [0, 0.1) is 5.92 Å². The third-order valence-electron chi connectivity index (χ3n) is 3.80. The number of piperidine rings is 1. The molecule has 2 rings (SSSR count). The lowest BCUT2D eigenvalue weighted by molar-refractivity contribution is -0.138. The van der Waals surface area contributed by atoms with E-state index in [4.69, 9.17) is 21.4 Å². The second-order valence-electron chi connectivity index (χ2n) is 5.46. The van der Waals surface area contributed by atoms with E-state index in [1.54, 1.807) is 12.1 Å².